The summed E-state index contributed by atoms with van der Waals surface area (Å²) in [5, 5.41) is 32.3. The SMILES string of the molecule is NCCCNc1nc(N)c2ncn(C3O[C@H](CO)[C@@H](O)[C@H]3O)c2n1. The molecule has 1 unspecified atom stereocenters. The van der Waals surface area contributed by atoms with E-state index in [1.54, 1.807) is 0 Å². The molecule has 1 aliphatic heterocycles. The first-order valence-electron chi connectivity index (χ1n) is 7.63. The number of nitrogens with two attached hydrogens (primary N) is 2. The first kappa shape index (κ1) is 16.8. The molecule has 0 aliphatic carbocycles. The topological polar surface area (TPSA) is 178 Å². The lowest BCUT2D eigenvalue weighted by molar-refractivity contribution is -0.0511. The summed E-state index contributed by atoms with van der Waals surface area (Å²) < 4.78 is 6.96. The highest BCUT2D eigenvalue weighted by Gasteiger charge is 2.44. The average molecular weight is 339 g/mol. The van der Waals surface area contributed by atoms with Gasteiger partial charge in [-0.1, -0.05) is 0 Å². The standard InChI is InChI=1S/C13H21N7O4/c14-2-1-3-16-13-18-10(15)7-11(19-13)20(5-17-7)12-9(23)8(22)6(4-21)24-12/h5-6,8-9,12,21-23H,1-4,14H2,(H3,15,16,18,19)/t6-,8-,9-,12?/m1/s1. The number of aromatic nitrogens is 4. The lowest BCUT2D eigenvalue weighted by atomic mass is 10.1. The number of rotatable bonds is 6. The predicted molar refractivity (Wildman–Crippen MR) is 84.9 cm³/mol. The molecule has 0 aromatic carbocycles. The lowest BCUT2D eigenvalue weighted by Gasteiger charge is -2.16. The van der Waals surface area contributed by atoms with E-state index >= 15 is 0 Å². The first-order valence-corrected chi connectivity index (χ1v) is 7.63. The van der Waals surface area contributed by atoms with Crippen molar-refractivity contribution in [2.45, 2.75) is 31.0 Å². The lowest BCUT2D eigenvalue weighted by Crippen LogP contribution is -2.33. The minimum absolute atomic E-state index is 0.181. The van der Waals surface area contributed by atoms with E-state index in [9.17, 15) is 15.3 Å². The number of nitrogen functional groups attached to an aromatic ring is 1. The molecule has 0 amide bonds. The van der Waals surface area contributed by atoms with Gasteiger partial charge in [0.15, 0.2) is 17.7 Å². The van der Waals surface area contributed by atoms with E-state index in [1.807, 2.05) is 0 Å². The van der Waals surface area contributed by atoms with Crippen LogP contribution in [0.5, 0.6) is 0 Å². The molecule has 1 saturated heterocycles. The Balaban J connectivity index is 1.94. The maximum Gasteiger partial charge on any atom is 0.226 e. The molecule has 2 aromatic rings. The van der Waals surface area contributed by atoms with Gasteiger partial charge in [0.1, 0.15) is 23.8 Å². The van der Waals surface area contributed by atoms with Crippen LogP contribution in [-0.2, 0) is 4.74 Å². The zero-order valence-corrected chi connectivity index (χ0v) is 12.9. The summed E-state index contributed by atoms with van der Waals surface area (Å²) in [5.41, 5.74) is 12.1. The van der Waals surface area contributed by atoms with Crippen molar-refractivity contribution in [3.8, 4) is 0 Å². The van der Waals surface area contributed by atoms with Crippen molar-refractivity contribution in [2.75, 3.05) is 30.7 Å². The van der Waals surface area contributed by atoms with Crippen LogP contribution >= 0.6 is 0 Å². The second kappa shape index (κ2) is 6.83. The largest absolute Gasteiger partial charge is 0.394 e. The maximum atomic E-state index is 10.2. The second-order valence-electron chi connectivity index (χ2n) is 5.55. The number of aliphatic hydroxyl groups is 3. The van der Waals surface area contributed by atoms with Crippen LogP contribution in [-0.4, -0.2) is 72.8 Å². The van der Waals surface area contributed by atoms with Crippen LogP contribution in [0.4, 0.5) is 11.8 Å². The van der Waals surface area contributed by atoms with Crippen molar-refractivity contribution < 1.29 is 20.1 Å². The number of fused-ring (bicyclic) bond motifs is 1. The van der Waals surface area contributed by atoms with Crippen molar-refractivity contribution in [3.63, 3.8) is 0 Å². The van der Waals surface area contributed by atoms with Gasteiger partial charge in [-0.3, -0.25) is 4.57 Å². The van der Waals surface area contributed by atoms with Gasteiger partial charge in [-0.15, -0.1) is 0 Å². The Bertz CT molecular complexity index is 709. The smallest absolute Gasteiger partial charge is 0.226 e. The molecule has 4 atom stereocenters. The van der Waals surface area contributed by atoms with Gasteiger partial charge in [-0.25, -0.2) is 4.98 Å². The summed E-state index contributed by atoms with van der Waals surface area (Å²) in [6.45, 7) is 0.707. The Morgan fingerprint density at radius 1 is 1.29 bits per heavy atom. The summed E-state index contributed by atoms with van der Waals surface area (Å²) in [4.78, 5) is 12.6. The highest BCUT2D eigenvalue weighted by molar-refractivity contribution is 5.82. The number of nitrogens with one attached hydrogen (secondary N) is 1. The second-order valence-corrected chi connectivity index (χ2v) is 5.55. The molecule has 1 fully saturated rings. The molecule has 11 nitrogen and oxygen atoms in total. The van der Waals surface area contributed by atoms with Gasteiger partial charge in [0.05, 0.1) is 12.9 Å². The molecule has 1 aliphatic rings. The minimum Gasteiger partial charge on any atom is -0.394 e. The van der Waals surface area contributed by atoms with Crippen LogP contribution in [0.3, 0.4) is 0 Å². The third-order valence-corrected chi connectivity index (χ3v) is 3.90. The van der Waals surface area contributed by atoms with Crippen molar-refractivity contribution >= 4 is 22.9 Å². The Morgan fingerprint density at radius 2 is 2.08 bits per heavy atom. The number of imidazole rings is 1. The summed E-state index contributed by atoms with van der Waals surface area (Å²) in [6.07, 6.45) is -2.12. The molecule has 0 bridgehead atoms. The van der Waals surface area contributed by atoms with Crippen LogP contribution in [0.25, 0.3) is 11.2 Å². The molecule has 0 radical (unpaired) electrons. The maximum absolute atomic E-state index is 10.2. The molecule has 0 spiro atoms. The number of nitrogens with zero attached hydrogens (tertiary/aromatic N) is 4. The van der Waals surface area contributed by atoms with Gasteiger partial charge in [0.25, 0.3) is 0 Å². The zero-order valence-electron chi connectivity index (χ0n) is 12.9. The van der Waals surface area contributed by atoms with E-state index in [-0.39, 0.29) is 5.82 Å². The highest BCUT2D eigenvalue weighted by Crippen LogP contribution is 2.32. The predicted octanol–water partition coefficient (Wildman–Crippen LogP) is -2.22. The number of aliphatic hydroxyl groups excluding tert-OH is 3. The van der Waals surface area contributed by atoms with Crippen LogP contribution < -0.4 is 16.8 Å². The molecule has 2 aromatic heterocycles. The van der Waals surface area contributed by atoms with Gasteiger partial charge in [0.2, 0.25) is 5.95 Å². The van der Waals surface area contributed by atoms with E-state index in [0.29, 0.717) is 30.2 Å². The third-order valence-electron chi connectivity index (χ3n) is 3.90. The van der Waals surface area contributed by atoms with E-state index in [0.717, 1.165) is 6.42 Å². The Morgan fingerprint density at radius 3 is 2.75 bits per heavy atom. The molecule has 132 valence electrons. The number of anilines is 2. The molecular formula is C13H21N7O4. The fourth-order valence-corrected chi connectivity index (χ4v) is 2.62. The van der Waals surface area contributed by atoms with E-state index in [1.165, 1.54) is 10.9 Å². The van der Waals surface area contributed by atoms with Gasteiger partial charge >= 0.3 is 0 Å². The van der Waals surface area contributed by atoms with Crippen LogP contribution in [0.1, 0.15) is 12.6 Å². The Hall–Kier alpha value is -2.05. The van der Waals surface area contributed by atoms with Crippen molar-refractivity contribution in [3.05, 3.63) is 6.33 Å². The minimum atomic E-state index is -1.23. The third kappa shape index (κ3) is 2.87. The van der Waals surface area contributed by atoms with E-state index in [4.69, 9.17) is 16.2 Å². The summed E-state index contributed by atoms with van der Waals surface area (Å²) in [7, 11) is 0. The zero-order chi connectivity index (χ0) is 17.3. The highest BCUT2D eigenvalue weighted by atomic mass is 16.6. The Kier molecular flexibility index (Phi) is 4.78. The monoisotopic (exact) mass is 339 g/mol. The van der Waals surface area contributed by atoms with Gasteiger partial charge in [-0.2, -0.15) is 9.97 Å². The van der Waals surface area contributed by atoms with Crippen molar-refractivity contribution in [1.29, 1.82) is 0 Å². The Labute approximate surface area is 137 Å². The fraction of sp³-hybridized carbons (Fsp3) is 0.615. The van der Waals surface area contributed by atoms with Gasteiger partial charge in [0, 0.05) is 6.54 Å². The van der Waals surface area contributed by atoms with E-state index in [2.05, 4.69) is 20.3 Å². The molecule has 8 N–H and O–H groups in total. The van der Waals surface area contributed by atoms with Gasteiger partial charge in [-0.05, 0) is 13.0 Å². The van der Waals surface area contributed by atoms with Crippen LogP contribution in [0.15, 0.2) is 6.33 Å². The average Bonchev–Trinajstić information content (AvgIpc) is 3.10. The van der Waals surface area contributed by atoms with Crippen molar-refractivity contribution in [2.24, 2.45) is 5.73 Å². The summed E-state index contributed by atoms with van der Waals surface area (Å²) in [5.74, 6) is 0.489. The molecule has 3 rings (SSSR count). The molecule has 3 heterocycles. The number of hydrogen-bond donors (Lipinski definition) is 6. The molecule has 11 heteroatoms. The fourth-order valence-electron chi connectivity index (χ4n) is 2.62. The molecule has 0 saturated carbocycles. The summed E-state index contributed by atoms with van der Waals surface area (Å²) in [6, 6.07) is 0. The number of ether oxygens (including phenoxy) is 1. The van der Waals surface area contributed by atoms with Crippen LogP contribution in [0.2, 0.25) is 0 Å². The first-order chi connectivity index (χ1) is 11.6. The van der Waals surface area contributed by atoms with E-state index < -0.39 is 31.1 Å². The summed E-state index contributed by atoms with van der Waals surface area (Å²) >= 11 is 0. The molecular weight excluding hydrogens is 318 g/mol. The van der Waals surface area contributed by atoms with Gasteiger partial charge < -0.3 is 36.8 Å². The quantitative estimate of drug-likeness (QED) is 0.316. The normalized spacial score (nSPS) is 27.0. The number of hydrogen-bond acceptors (Lipinski definition) is 10. The van der Waals surface area contributed by atoms with Crippen molar-refractivity contribution in [1.82, 2.24) is 19.5 Å². The molecule has 24 heavy (non-hydrogen) atoms. The van der Waals surface area contributed by atoms with Crippen LogP contribution in [0, 0.1) is 0 Å².